The molecule has 0 amide bonds. The van der Waals surface area contributed by atoms with Crippen LogP contribution in [0, 0.1) is 5.92 Å². The van der Waals surface area contributed by atoms with Crippen LogP contribution in [0.2, 0.25) is 0 Å². The van der Waals surface area contributed by atoms with Gasteiger partial charge >= 0.3 is 0 Å². The number of nitrogens with zero attached hydrogens (tertiary/aromatic N) is 2. The van der Waals surface area contributed by atoms with Crippen LogP contribution in [0.5, 0.6) is 0 Å². The zero-order valence-electron chi connectivity index (χ0n) is 15.0. The summed E-state index contributed by atoms with van der Waals surface area (Å²) in [5.74, 6) is 1.10. The van der Waals surface area contributed by atoms with Crippen LogP contribution >= 0.6 is 0 Å². The predicted molar refractivity (Wildman–Crippen MR) is 102 cm³/mol. The monoisotopic (exact) mass is 364 g/mol. The molecule has 25 heavy (non-hydrogen) atoms. The maximum absolute atomic E-state index is 12.7. The van der Waals surface area contributed by atoms with Crippen molar-refractivity contribution in [3.63, 3.8) is 0 Å². The van der Waals surface area contributed by atoms with Crippen molar-refractivity contribution in [2.24, 2.45) is 10.9 Å². The Labute approximate surface area is 151 Å². The van der Waals surface area contributed by atoms with Gasteiger partial charge in [0.05, 0.1) is 4.90 Å². The van der Waals surface area contributed by atoms with Crippen molar-refractivity contribution in [2.75, 3.05) is 26.7 Å². The van der Waals surface area contributed by atoms with Gasteiger partial charge in [0.1, 0.15) is 0 Å². The van der Waals surface area contributed by atoms with E-state index >= 15 is 0 Å². The maximum Gasteiger partial charge on any atom is 0.243 e. The Balaban J connectivity index is 2.00. The quantitative estimate of drug-likeness (QED) is 0.460. The first-order valence-electron chi connectivity index (χ1n) is 8.62. The topological polar surface area (TPSA) is 73.8 Å². The molecule has 1 aromatic carbocycles. The second kappa shape index (κ2) is 9.01. The summed E-state index contributed by atoms with van der Waals surface area (Å²) in [7, 11) is -1.69. The molecule has 1 aliphatic heterocycles. The summed E-state index contributed by atoms with van der Waals surface area (Å²) in [5.41, 5.74) is 0.993. The minimum Gasteiger partial charge on any atom is -0.353 e. The number of benzene rings is 1. The summed E-state index contributed by atoms with van der Waals surface area (Å²) < 4.78 is 27.1. The molecule has 1 heterocycles. The van der Waals surface area contributed by atoms with E-state index in [1.165, 1.54) is 0 Å². The highest BCUT2D eigenvalue weighted by molar-refractivity contribution is 7.89. The van der Waals surface area contributed by atoms with Gasteiger partial charge in [0, 0.05) is 33.2 Å². The first kappa shape index (κ1) is 19.5. The van der Waals surface area contributed by atoms with Gasteiger partial charge < -0.3 is 10.6 Å². The lowest BCUT2D eigenvalue weighted by atomic mass is 10.0. The first-order valence-corrected chi connectivity index (χ1v) is 10.1. The van der Waals surface area contributed by atoms with E-state index < -0.39 is 10.0 Å². The molecular weight excluding hydrogens is 336 g/mol. The highest BCUT2D eigenvalue weighted by Crippen LogP contribution is 2.23. The van der Waals surface area contributed by atoms with Gasteiger partial charge in [-0.05, 0) is 36.5 Å². The van der Waals surface area contributed by atoms with Crippen LogP contribution in [0.25, 0.3) is 0 Å². The van der Waals surface area contributed by atoms with Gasteiger partial charge in [-0.25, -0.2) is 8.42 Å². The molecule has 1 unspecified atom stereocenters. The molecule has 0 saturated carbocycles. The lowest BCUT2D eigenvalue weighted by molar-refractivity contribution is 0.281. The van der Waals surface area contributed by atoms with Gasteiger partial charge in [-0.2, -0.15) is 4.31 Å². The Kier molecular flexibility index (Phi) is 7.01. The first-order chi connectivity index (χ1) is 12.0. The van der Waals surface area contributed by atoms with Gasteiger partial charge in [0.2, 0.25) is 10.0 Å². The number of rotatable bonds is 6. The van der Waals surface area contributed by atoms with E-state index in [1.54, 1.807) is 29.6 Å². The second-order valence-electron chi connectivity index (χ2n) is 6.35. The van der Waals surface area contributed by atoms with E-state index in [9.17, 15) is 8.42 Å². The lowest BCUT2D eigenvalue weighted by Crippen LogP contribution is -2.39. The fraction of sp³-hybridized carbons (Fsp3) is 0.500. The van der Waals surface area contributed by atoms with E-state index in [2.05, 4.69) is 29.1 Å². The van der Waals surface area contributed by atoms with Crippen LogP contribution in [-0.4, -0.2) is 45.4 Å². The molecule has 0 aliphatic carbocycles. The Morgan fingerprint density at radius 1 is 1.36 bits per heavy atom. The Morgan fingerprint density at radius 2 is 2.08 bits per heavy atom. The third kappa shape index (κ3) is 5.31. The number of hydrogen-bond donors (Lipinski definition) is 2. The van der Waals surface area contributed by atoms with Crippen LogP contribution < -0.4 is 10.6 Å². The van der Waals surface area contributed by atoms with Crippen molar-refractivity contribution in [1.82, 2.24) is 14.9 Å². The largest absolute Gasteiger partial charge is 0.353 e. The number of nitrogens with one attached hydrogen (secondary N) is 2. The van der Waals surface area contributed by atoms with Gasteiger partial charge in [0.15, 0.2) is 5.96 Å². The molecule has 1 aliphatic rings. The molecule has 1 aromatic rings. The van der Waals surface area contributed by atoms with Crippen LogP contribution in [0.3, 0.4) is 0 Å². The zero-order chi connectivity index (χ0) is 18.3. The fourth-order valence-corrected chi connectivity index (χ4v) is 4.47. The predicted octanol–water partition coefficient (Wildman–Crippen LogP) is 1.96. The van der Waals surface area contributed by atoms with E-state index in [1.807, 2.05) is 12.1 Å². The number of hydrogen-bond acceptors (Lipinski definition) is 3. The van der Waals surface area contributed by atoms with Crippen molar-refractivity contribution >= 4 is 16.0 Å². The SMILES string of the molecule is C=CCNC(=NC)NCc1ccc(S(=O)(=O)N2CCCC(C)C2)cc1. The van der Waals surface area contributed by atoms with Crippen molar-refractivity contribution in [2.45, 2.75) is 31.2 Å². The smallest absolute Gasteiger partial charge is 0.243 e. The third-order valence-electron chi connectivity index (χ3n) is 4.28. The number of guanidine groups is 1. The minimum absolute atomic E-state index is 0.361. The van der Waals surface area contributed by atoms with E-state index in [4.69, 9.17) is 0 Å². The van der Waals surface area contributed by atoms with Gasteiger partial charge in [-0.15, -0.1) is 6.58 Å². The lowest BCUT2D eigenvalue weighted by Gasteiger charge is -2.30. The summed E-state index contributed by atoms with van der Waals surface area (Å²) in [6.45, 7) is 8.17. The zero-order valence-corrected chi connectivity index (χ0v) is 15.8. The summed E-state index contributed by atoms with van der Waals surface area (Å²) >= 11 is 0. The highest BCUT2D eigenvalue weighted by atomic mass is 32.2. The number of aliphatic imine (C=N–C) groups is 1. The summed E-state index contributed by atoms with van der Waals surface area (Å²) in [6, 6.07) is 7.05. The molecule has 7 heteroatoms. The van der Waals surface area contributed by atoms with Gasteiger partial charge in [-0.3, -0.25) is 4.99 Å². The average Bonchev–Trinajstić information content (AvgIpc) is 2.62. The summed E-state index contributed by atoms with van der Waals surface area (Å²) in [5, 5.41) is 6.27. The van der Waals surface area contributed by atoms with E-state index in [0.717, 1.165) is 18.4 Å². The molecular formula is C18H28N4O2S. The molecule has 138 valence electrons. The van der Waals surface area contributed by atoms with E-state index in [0.29, 0.717) is 43.0 Å². The molecule has 6 nitrogen and oxygen atoms in total. The fourth-order valence-electron chi connectivity index (χ4n) is 2.87. The molecule has 0 spiro atoms. The summed E-state index contributed by atoms with van der Waals surface area (Å²) in [6.07, 6.45) is 3.78. The molecule has 0 radical (unpaired) electrons. The van der Waals surface area contributed by atoms with Gasteiger partial charge in [-0.1, -0.05) is 25.1 Å². The van der Waals surface area contributed by atoms with Crippen LogP contribution in [0.15, 0.2) is 46.8 Å². The molecule has 1 fully saturated rings. The second-order valence-corrected chi connectivity index (χ2v) is 8.29. The Bertz CT molecular complexity index is 698. The summed E-state index contributed by atoms with van der Waals surface area (Å²) in [4.78, 5) is 4.47. The Hall–Kier alpha value is -1.86. The average molecular weight is 365 g/mol. The minimum atomic E-state index is -3.39. The highest BCUT2D eigenvalue weighted by Gasteiger charge is 2.28. The number of sulfonamides is 1. The molecule has 0 aromatic heterocycles. The normalized spacial score (nSPS) is 19.4. The maximum atomic E-state index is 12.7. The van der Waals surface area contributed by atoms with Crippen molar-refractivity contribution in [3.05, 3.63) is 42.5 Å². The van der Waals surface area contributed by atoms with Crippen LogP contribution in [0.1, 0.15) is 25.3 Å². The molecule has 1 saturated heterocycles. The van der Waals surface area contributed by atoms with Crippen molar-refractivity contribution in [3.8, 4) is 0 Å². The number of piperidine rings is 1. The Morgan fingerprint density at radius 3 is 2.68 bits per heavy atom. The van der Waals surface area contributed by atoms with Crippen molar-refractivity contribution < 1.29 is 8.42 Å². The molecule has 0 bridgehead atoms. The van der Waals surface area contributed by atoms with E-state index in [-0.39, 0.29) is 0 Å². The van der Waals surface area contributed by atoms with Crippen LogP contribution in [-0.2, 0) is 16.6 Å². The standard InChI is InChI=1S/C18H28N4O2S/c1-4-11-20-18(19-3)21-13-16-7-9-17(10-8-16)25(23,24)22-12-5-6-15(2)14-22/h4,7-10,15H,1,5-6,11-14H2,2-3H3,(H2,19,20,21). The third-order valence-corrected chi connectivity index (χ3v) is 6.16. The van der Waals surface area contributed by atoms with Crippen molar-refractivity contribution in [1.29, 1.82) is 0 Å². The van der Waals surface area contributed by atoms with Gasteiger partial charge in [0.25, 0.3) is 0 Å². The molecule has 1 atom stereocenters. The molecule has 2 rings (SSSR count). The molecule has 2 N–H and O–H groups in total. The van der Waals surface area contributed by atoms with Crippen LogP contribution in [0.4, 0.5) is 0 Å².